The van der Waals surface area contributed by atoms with Crippen LogP contribution in [-0.2, 0) is 25.7 Å². The fraction of sp³-hybridized carbons (Fsp3) is 0.0656. The van der Waals surface area contributed by atoms with Gasteiger partial charge in [-0.3, -0.25) is 15.0 Å². The van der Waals surface area contributed by atoms with Gasteiger partial charge in [0.2, 0.25) is 11.4 Å². The van der Waals surface area contributed by atoms with Gasteiger partial charge in [0, 0.05) is 42.1 Å². The van der Waals surface area contributed by atoms with E-state index in [1.54, 1.807) is 12.4 Å². The van der Waals surface area contributed by atoms with Crippen LogP contribution in [0.1, 0.15) is 22.3 Å². The van der Waals surface area contributed by atoms with Crippen LogP contribution in [0.15, 0.2) is 219 Å². The van der Waals surface area contributed by atoms with Crippen LogP contribution in [0.5, 0.6) is 0 Å². The predicted molar refractivity (Wildman–Crippen MR) is 277 cm³/mol. The van der Waals surface area contributed by atoms with Gasteiger partial charge in [-0.25, -0.2) is 19.6 Å². The first-order valence-corrected chi connectivity index (χ1v) is 23.3. The Bertz CT molecular complexity index is 3900. The minimum absolute atomic E-state index is 0.273. The van der Waals surface area contributed by atoms with Gasteiger partial charge < -0.3 is 8.83 Å². The van der Waals surface area contributed by atoms with Gasteiger partial charge in [0.25, 0.3) is 0 Å². The Balaban J connectivity index is 0.942. The molecule has 0 N–H and O–H groups in total. The highest BCUT2D eigenvalue weighted by molar-refractivity contribution is 6.01. The van der Waals surface area contributed by atoms with E-state index in [0.717, 1.165) is 78.0 Å². The van der Waals surface area contributed by atoms with Gasteiger partial charge >= 0.3 is 11.3 Å². The van der Waals surface area contributed by atoms with E-state index in [4.69, 9.17) is 23.8 Å². The van der Waals surface area contributed by atoms with E-state index in [-0.39, 0.29) is 11.4 Å². The summed E-state index contributed by atoms with van der Waals surface area (Å²) < 4.78 is 11.2. The molecule has 0 atom stereocenters. The number of benzene rings is 5. The van der Waals surface area contributed by atoms with E-state index in [1.165, 1.54) is 0 Å². The molecule has 9 nitrogen and oxygen atoms in total. The van der Waals surface area contributed by atoms with Crippen molar-refractivity contribution >= 4 is 44.0 Å². The standard InChI is InChI=1S/C61H41N5O4/c67-60-52-32-40(35-65-56(52)49-17-9-27-62-58(49)69-60)21-19-38-29-39(20-22-41-33-53-57(66-36-41)50-18-10-28-63-59(50)70-61(53)68)31-46(30-38)47-15-7-8-16-48(47)54-37-64-55(45-13-5-2-6-14-45)34-51(54)44-25-23-43(24-26-44)42-11-3-1-4-12-42/h1-18,23-37H,19-22H2. The molecule has 5 aromatic carbocycles. The molecule has 70 heavy (non-hydrogen) atoms. The number of aromatic nitrogens is 5. The molecule has 7 heterocycles. The molecule has 0 aliphatic heterocycles. The van der Waals surface area contributed by atoms with Gasteiger partial charge in [0.15, 0.2) is 0 Å². The normalized spacial score (nSPS) is 11.5. The molecule has 9 heteroatoms. The van der Waals surface area contributed by atoms with Crippen LogP contribution in [0.25, 0.3) is 99.8 Å². The van der Waals surface area contributed by atoms with Gasteiger partial charge in [0.05, 0.1) is 38.3 Å². The number of hydrogen-bond acceptors (Lipinski definition) is 9. The molecular formula is C61H41N5O4. The van der Waals surface area contributed by atoms with Gasteiger partial charge in [-0.15, -0.1) is 0 Å². The Morgan fingerprint density at radius 3 is 1.41 bits per heavy atom. The van der Waals surface area contributed by atoms with Gasteiger partial charge in [0.1, 0.15) is 0 Å². The second-order valence-corrected chi connectivity index (χ2v) is 17.5. The predicted octanol–water partition coefficient (Wildman–Crippen LogP) is 13.1. The molecule has 0 aliphatic rings. The highest BCUT2D eigenvalue weighted by Crippen LogP contribution is 2.41. The Labute approximate surface area is 401 Å². The van der Waals surface area contributed by atoms with Crippen LogP contribution in [0, 0.1) is 0 Å². The molecule has 0 unspecified atom stereocenters. The molecule has 0 amide bonds. The molecular weight excluding hydrogens is 867 g/mol. The number of nitrogens with zero attached hydrogens (tertiary/aromatic N) is 5. The van der Waals surface area contributed by atoms with Crippen molar-refractivity contribution in [2.45, 2.75) is 25.7 Å². The Kier molecular flexibility index (Phi) is 10.9. The summed E-state index contributed by atoms with van der Waals surface area (Å²) in [6.45, 7) is 0. The fourth-order valence-corrected chi connectivity index (χ4v) is 9.52. The lowest BCUT2D eigenvalue weighted by molar-refractivity contribution is 0.557. The van der Waals surface area contributed by atoms with E-state index < -0.39 is 11.3 Å². The second-order valence-electron chi connectivity index (χ2n) is 17.5. The van der Waals surface area contributed by atoms with Crippen molar-refractivity contribution in [2.24, 2.45) is 0 Å². The maximum Gasteiger partial charge on any atom is 0.347 e. The quantitative estimate of drug-likeness (QED) is 0.117. The van der Waals surface area contributed by atoms with E-state index in [2.05, 4.69) is 119 Å². The lowest BCUT2D eigenvalue weighted by atomic mass is 9.87. The highest BCUT2D eigenvalue weighted by atomic mass is 16.4. The largest absolute Gasteiger partial charge is 0.403 e. The SMILES string of the molecule is O=c1oc2ncccc2c2ncc(CCc3cc(CCc4cnc5c(c4)c(=O)oc4ncccc45)cc(-c4ccccc4-c4cnc(-c5ccccc5)cc4-c4ccc(-c5ccccc5)cc4)c3)cc12. The molecule has 12 aromatic rings. The third kappa shape index (κ3) is 8.19. The number of rotatable bonds is 11. The molecule has 0 radical (unpaired) electrons. The molecule has 0 bridgehead atoms. The average Bonchev–Trinajstić information content (AvgIpc) is 3.42. The van der Waals surface area contributed by atoms with Crippen molar-refractivity contribution in [1.82, 2.24) is 24.9 Å². The first kappa shape index (κ1) is 42.2. The van der Waals surface area contributed by atoms with Crippen molar-refractivity contribution in [1.29, 1.82) is 0 Å². The summed E-state index contributed by atoms with van der Waals surface area (Å²) in [6, 6.07) is 58.2. The maximum absolute atomic E-state index is 13.2. The van der Waals surface area contributed by atoms with Gasteiger partial charge in [-0.05, 0) is 129 Å². The Hall–Kier alpha value is -9.21. The summed E-state index contributed by atoms with van der Waals surface area (Å²) in [4.78, 5) is 49.4. The van der Waals surface area contributed by atoms with Gasteiger partial charge in [-0.2, -0.15) is 0 Å². The van der Waals surface area contributed by atoms with Crippen molar-refractivity contribution < 1.29 is 8.83 Å². The van der Waals surface area contributed by atoms with E-state index >= 15 is 0 Å². The summed E-state index contributed by atoms with van der Waals surface area (Å²) in [5.74, 6) is 0. The second kappa shape index (κ2) is 18.1. The van der Waals surface area contributed by atoms with Crippen LogP contribution in [0.4, 0.5) is 0 Å². The first-order chi connectivity index (χ1) is 34.5. The first-order valence-electron chi connectivity index (χ1n) is 23.3. The van der Waals surface area contributed by atoms with Crippen LogP contribution in [-0.4, -0.2) is 24.9 Å². The lowest BCUT2D eigenvalue weighted by Gasteiger charge is -2.18. The smallest absolute Gasteiger partial charge is 0.347 e. The molecule has 0 aliphatic carbocycles. The molecule has 12 rings (SSSR count). The molecule has 0 saturated heterocycles. The van der Waals surface area contributed by atoms with Crippen LogP contribution in [0.2, 0.25) is 0 Å². The topological polar surface area (TPSA) is 125 Å². The van der Waals surface area contributed by atoms with E-state index in [0.29, 0.717) is 58.3 Å². The summed E-state index contributed by atoms with van der Waals surface area (Å²) in [6.07, 6.45) is 11.5. The van der Waals surface area contributed by atoms with Crippen molar-refractivity contribution in [3.8, 4) is 55.8 Å². The summed E-state index contributed by atoms with van der Waals surface area (Å²) in [5.41, 5.74) is 15.5. The minimum atomic E-state index is -0.458. The molecule has 334 valence electrons. The van der Waals surface area contributed by atoms with Crippen molar-refractivity contribution in [3.05, 3.63) is 244 Å². The number of fused-ring (bicyclic) bond motifs is 6. The minimum Gasteiger partial charge on any atom is -0.403 e. The zero-order valence-electron chi connectivity index (χ0n) is 37.8. The third-order valence-electron chi connectivity index (χ3n) is 13.0. The monoisotopic (exact) mass is 907 g/mol. The molecule has 0 spiro atoms. The highest BCUT2D eigenvalue weighted by Gasteiger charge is 2.18. The Morgan fingerprint density at radius 2 is 0.829 bits per heavy atom. The maximum atomic E-state index is 13.2. The Morgan fingerprint density at radius 1 is 0.329 bits per heavy atom. The van der Waals surface area contributed by atoms with Gasteiger partial charge in [-0.1, -0.05) is 127 Å². The van der Waals surface area contributed by atoms with Crippen molar-refractivity contribution in [2.75, 3.05) is 0 Å². The van der Waals surface area contributed by atoms with Crippen LogP contribution < -0.4 is 11.3 Å². The molecule has 0 fully saturated rings. The number of pyridine rings is 5. The fourth-order valence-electron chi connectivity index (χ4n) is 9.52. The summed E-state index contributed by atoms with van der Waals surface area (Å²) in [5, 5.41) is 2.26. The molecule has 0 saturated carbocycles. The summed E-state index contributed by atoms with van der Waals surface area (Å²) in [7, 11) is 0. The molecule has 7 aromatic heterocycles. The number of hydrogen-bond donors (Lipinski definition) is 0. The average molecular weight is 908 g/mol. The zero-order valence-corrected chi connectivity index (χ0v) is 37.8. The van der Waals surface area contributed by atoms with Crippen LogP contribution >= 0.6 is 0 Å². The third-order valence-corrected chi connectivity index (χ3v) is 13.0. The number of aryl methyl sites for hydroxylation is 4. The lowest BCUT2D eigenvalue weighted by Crippen LogP contribution is -2.04. The zero-order chi connectivity index (χ0) is 47.0. The van der Waals surface area contributed by atoms with Crippen LogP contribution in [0.3, 0.4) is 0 Å². The van der Waals surface area contributed by atoms with E-state index in [1.807, 2.05) is 79.3 Å². The summed E-state index contributed by atoms with van der Waals surface area (Å²) >= 11 is 0. The van der Waals surface area contributed by atoms with Crippen molar-refractivity contribution in [3.63, 3.8) is 0 Å². The van der Waals surface area contributed by atoms with E-state index in [9.17, 15) is 9.59 Å².